The highest BCUT2D eigenvalue weighted by molar-refractivity contribution is 7.12. The Hall–Kier alpha value is -2.70. The summed E-state index contributed by atoms with van der Waals surface area (Å²) >= 11 is 1.49. The van der Waals surface area contributed by atoms with E-state index in [0.717, 1.165) is 47.8 Å². The van der Waals surface area contributed by atoms with Crippen molar-refractivity contribution < 1.29 is 13.9 Å². The number of amides is 1. The van der Waals surface area contributed by atoms with Crippen molar-refractivity contribution in [1.29, 1.82) is 0 Å². The summed E-state index contributed by atoms with van der Waals surface area (Å²) in [5, 5.41) is 2.02. The van der Waals surface area contributed by atoms with Crippen LogP contribution in [-0.4, -0.2) is 41.9 Å². The zero-order valence-electron chi connectivity index (χ0n) is 18.1. The molecule has 0 N–H and O–H groups in total. The average Bonchev–Trinajstić information content (AvgIpc) is 3.48. The molecular formula is C26H27FN2O2S. The van der Waals surface area contributed by atoms with Gasteiger partial charge in [-0.2, -0.15) is 0 Å². The number of benzene rings is 2. The number of halogens is 1. The van der Waals surface area contributed by atoms with Crippen molar-refractivity contribution in [1.82, 2.24) is 9.80 Å². The lowest BCUT2D eigenvalue weighted by Gasteiger charge is -2.34. The van der Waals surface area contributed by atoms with Gasteiger partial charge in [0.1, 0.15) is 18.2 Å². The highest BCUT2D eigenvalue weighted by atomic mass is 32.1. The summed E-state index contributed by atoms with van der Waals surface area (Å²) in [5.41, 5.74) is 4.98. The van der Waals surface area contributed by atoms with Crippen LogP contribution in [0.3, 0.4) is 0 Å². The van der Waals surface area contributed by atoms with Gasteiger partial charge in [0.2, 0.25) is 0 Å². The van der Waals surface area contributed by atoms with Gasteiger partial charge in [-0.15, -0.1) is 11.3 Å². The summed E-state index contributed by atoms with van der Waals surface area (Å²) in [4.78, 5) is 18.0. The number of aryl methyl sites for hydroxylation is 2. The Bertz CT molecular complexity index is 1090. The maximum atomic E-state index is 13.1. The number of ether oxygens (including phenoxy) is 1. The van der Waals surface area contributed by atoms with E-state index in [2.05, 4.69) is 17.0 Å². The molecule has 1 aliphatic heterocycles. The van der Waals surface area contributed by atoms with Crippen LogP contribution in [0.4, 0.5) is 4.39 Å². The van der Waals surface area contributed by atoms with E-state index in [0.29, 0.717) is 19.7 Å². The summed E-state index contributed by atoms with van der Waals surface area (Å²) in [6.07, 6.45) is 3.54. The van der Waals surface area contributed by atoms with Crippen LogP contribution in [0.2, 0.25) is 0 Å². The fourth-order valence-electron chi connectivity index (χ4n) is 4.48. The Balaban J connectivity index is 1.12. The smallest absolute Gasteiger partial charge is 0.264 e. The normalized spacial score (nSPS) is 16.2. The highest BCUT2D eigenvalue weighted by Crippen LogP contribution is 2.27. The molecule has 0 saturated carbocycles. The third-order valence-corrected chi connectivity index (χ3v) is 7.29. The first-order chi connectivity index (χ1) is 15.6. The monoisotopic (exact) mass is 450 g/mol. The van der Waals surface area contributed by atoms with Gasteiger partial charge in [0.15, 0.2) is 0 Å². The molecule has 2 aromatic carbocycles. The minimum Gasteiger partial charge on any atom is -0.489 e. The SMILES string of the molecule is O=C(c1cc(COc2ccc3c(c2)CCC3)cs1)N1CCN(Cc2ccc(F)cc2)CC1. The minimum atomic E-state index is -0.211. The molecule has 2 aliphatic rings. The Morgan fingerprint density at radius 3 is 2.53 bits per heavy atom. The zero-order chi connectivity index (χ0) is 21.9. The number of carbonyl (C=O) groups is 1. The summed E-state index contributed by atoms with van der Waals surface area (Å²) < 4.78 is 19.1. The second-order valence-electron chi connectivity index (χ2n) is 8.59. The molecule has 0 spiro atoms. The number of thiophene rings is 1. The van der Waals surface area contributed by atoms with Gasteiger partial charge in [-0.25, -0.2) is 4.39 Å². The molecule has 1 fully saturated rings. The van der Waals surface area contributed by atoms with Crippen LogP contribution in [0.1, 0.15) is 38.3 Å². The number of fused-ring (bicyclic) bond motifs is 1. The second kappa shape index (κ2) is 9.43. The van der Waals surface area contributed by atoms with Crippen molar-refractivity contribution in [3.63, 3.8) is 0 Å². The van der Waals surface area contributed by atoms with Crippen molar-refractivity contribution >= 4 is 17.2 Å². The lowest BCUT2D eigenvalue weighted by atomic mass is 10.1. The molecule has 0 bridgehead atoms. The standard InChI is InChI=1S/C26H27FN2O2S/c27-23-7-4-19(5-8-23)16-28-10-12-29(13-11-28)26(30)25-14-20(18-32-25)17-31-24-9-6-21-2-1-3-22(21)15-24/h4-9,14-15,18H,1-3,10-13,16-17H2. The Morgan fingerprint density at radius 1 is 0.938 bits per heavy atom. The molecule has 0 unspecified atom stereocenters. The molecule has 1 aromatic heterocycles. The van der Waals surface area contributed by atoms with Gasteiger partial charge < -0.3 is 9.64 Å². The van der Waals surface area contributed by atoms with Crippen LogP contribution in [-0.2, 0) is 26.0 Å². The summed E-state index contributed by atoms with van der Waals surface area (Å²) in [7, 11) is 0. The maximum Gasteiger partial charge on any atom is 0.264 e. The van der Waals surface area contributed by atoms with Gasteiger partial charge in [-0.05, 0) is 71.7 Å². The molecule has 2 heterocycles. The molecule has 32 heavy (non-hydrogen) atoms. The fourth-order valence-corrected chi connectivity index (χ4v) is 5.34. The number of rotatable bonds is 6. The molecule has 0 radical (unpaired) electrons. The molecule has 1 saturated heterocycles. The van der Waals surface area contributed by atoms with E-state index in [9.17, 15) is 9.18 Å². The molecule has 3 aromatic rings. The van der Waals surface area contributed by atoms with Gasteiger partial charge in [0.25, 0.3) is 5.91 Å². The summed E-state index contributed by atoms with van der Waals surface area (Å²) in [5.74, 6) is 0.791. The molecule has 4 nitrogen and oxygen atoms in total. The fraction of sp³-hybridized carbons (Fsp3) is 0.346. The van der Waals surface area contributed by atoms with Gasteiger partial charge >= 0.3 is 0 Å². The predicted molar refractivity (Wildman–Crippen MR) is 125 cm³/mol. The van der Waals surface area contributed by atoms with Crippen LogP contribution in [0.15, 0.2) is 53.9 Å². The van der Waals surface area contributed by atoms with E-state index in [1.165, 1.54) is 47.4 Å². The van der Waals surface area contributed by atoms with E-state index in [1.807, 2.05) is 34.5 Å². The van der Waals surface area contributed by atoms with Crippen LogP contribution in [0, 0.1) is 5.82 Å². The lowest BCUT2D eigenvalue weighted by Crippen LogP contribution is -2.48. The molecule has 1 amide bonds. The van der Waals surface area contributed by atoms with E-state index < -0.39 is 0 Å². The quantitative estimate of drug-likeness (QED) is 0.535. The highest BCUT2D eigenvalue weighted by Gasteiger charge is 2.23. The first-order valence-electron chi connectivity index (χ1n) is 11.2. The van der Waals surface area contributed by atoms with Crippen molar-refractivity contribution in [2.24, 2.45) is 0 Å². The number of carbonyl (C=O) groups excluding carboxylic acids is 1. The topological polar surface area (TPSA) is 32.8 Å². The van der Waals surface area contributed by atoms with Gasteiger partial charge in [0.05, 0.1) is 4.88 Å². The third-order valence-electron chi connectivity index (χ3n) is 6.32. The van der Waals surface area contributed by atoms with Crippen LogP contribution in [0.5, 0.6) is 5.75 Å². The van der Waals surface area contributed by atoms with E-state index >= 15 is 0 Å². The Morgan fingerprint density at radius 2 is 1.72 bits per heavy atom. The summed E-state index contributed by atoms with van der Waals surface area (Å²) in [6.45, 7) is 4.32. The number of hydrogen-bond acceptors (Lipinski definition) is 4. The minimum absolute atomic E-state index is 0.0974. The first kappa shape index (κ1) is 21.2. The van der Waals surface area contributed by atoms with Gasteiger partial charge in [0, 0.05) is 38.3 Å². The largest absolute Gasteiger partial charge is 0.489 e. The number of piperazine rings is 1. The Kier molecular flexibility index (Phi) is 6.23. The molecule has 166 valence electrons. The number of nitrogens with zero attached hydrogens (tertiary/aromatic N) is 2. The molecule has 6 heteroatoms. The second-order valence-corrected chi connectivity index (χ2v) is 9.50. The predicted octanol–water partition coefficient (Wildman–Crippen LogP) is 4.91. The average molecular weight is 451 g/mol. The van der Waals surface area contributed by atoms with Crippen molar-refractivity contribution in [3.05, 3.63) is 86.9 Å². The molecule has 5 rings (SSSR count). The van der Waals surface area contributed by atoms with Crippen molar-refractivity contribution in [2.75, 3.05) is 26.2 Å². The van der Waals surface area contributed by atoms with Crippen LogP contribution in [0.25, 0.3) is 0 Å². The molecule has 1 aliphatic carbocycles. The van der Waals surface area contributed by atoms with Crippen LogP contribution >= 0.6 is 11.3 Å². The van der Waals surface area contributed by atoms with E-state index in [4.69, 9.17) is 4.74 Å². The maximum absolute atomic E-state index is 13.1. The number of hydrogen-bond donors (Lipinski definition) is 0. The van der Waals surface area contributed by atoms with Crippen molar-refractivity contribution in [2.45, 2.75) is 32.4 Å². The molecular weight excluding hydrogens is 423 g/mol. The molecule has 0 atom stereocenters. The third kappa shape index (κ3) is 4.87. The lowest BCUT2D eigenvalue weighted by molar-refractivity contribution is 0.0633. The van der Waals surface area contributed by atoms with Crippen LogP contribution < -0.4 is 4.74 Å². The van der Waals surface area contributed by atoms with Gasteiger partial charge in [-0.3, -0.25) is 9.69 Å². The van der Waals surface area contributed by atoms with E-state index in [1.54, 1.807) is 0 Å². The Labute approximate surface area is 192 Å². The van der Waals surface area contributed by atoms with Crippen molar-refractivity contribution in [3.8, 4) is 5.75 Å². The zero-order valence-corrected chi connectivity index (χ0v) is 18.9. The summed E-state index contributed by atoms with van der Waals surface area (Å²) in [6, 6.07) is 15.0. The van der Waals surface area contributed by atoms with Gasteiger partial charge in [-0.1, -0.05) is 18.2 Å². The van der Waals surface area contributed by atoms with E-state index in [-0.39, 0.29) is 11.7 Å². The first-order valence-corrected chi connectivity index (χ1v) is 12.1.